The third-order valence-corrected chi connectivity index (χ3v) is 5.21. The van der Waals surface area contributed by atoms with Crippen LogP contribution in [0.15, 0.2) is 23.4 Å². The third-order valence-electron chi connectivity index (χ3n) is 3.43. The minimum Gasteiger partial charge on any atom is -0.386 e. The van der Waals surface area contributed by atoms with E-state index in [9.17, 15) is 8.42 Å². The Bertz CT molecular complexity index is 542. The Morgan fingerprint density at radius 1 is 1.50 bits per heavy atom. The summed E-state index contributed by atoms with van der Waals surface area (Å²) in [5, 5.41) is 2.92. The maximum absolute atomic E-state index is 12.6. The highest BCUT2D eigenvalue weighted by atomic mass is 32.2. The smallest absolute Gasteiger partial charge is 0.262 e. The molecule has 1 saturated heterocycles. The lowest BCUT2D eigenvalue weighted by Crippen LogP contribution is -2.37. The average molecular weight is 299 g/mol. The lowest BCUT2D eigenvalue weighted by molar-refractivity contribution is 0.00857. The van der Waals surface area contributed by atoms with Crippen molar-refractivity contribution in [2.45, 2.75) is 30.4 Å². The second-order valence-corrected chi connectivity index (χ2v) is 6.84. The molecule has 0 bridgehead atoms. The Labute approximate surface area is 120 Å². The van der Waals surface area contributed by atoms with Gasteiger partial charge in [0.2, 0.25) is 0 Å². The van der Waals surface area contributed by atoms with Crippen LogP contribution in [0, 0.1) is 0 Å². The van der Waals surface area contributed by atoms with Gasteiger partial charge in [-0.3, -0.25) is 0 Å². The van der Waals surface area contributed by atoms with Crippen LogP contribution in [0.5, 0.6) is 0 Å². The van der Waals surface area contributed by atoms with Crippen molar-refractivity contribution < 1.29 is 13.2 Å². The summed E-state index contributed by atoms with van der Waals surface area (Å²) in [5.74, 6) is 0. The number of pyridine rings is 1. The summed E-state index contributed by atoms with van der Waals surface area (Å²) in [6.45, 7) is 1.08. The van der Waals surface area contributed by atoms with Gasteiger partial charge in [-0.25, -0.2) is 13.4 Å². The average Bonchev–Trinajstić information content (AvgIpc) is 2.48. The summed E-state index contributed by atoms with van der Waals surface area (Å²) in [5.41, 5.74) is 0.504. The molecule has 0 aliphatic carbocycles. The minimum absolute atomic E-state index is 0.0229. The van der Waals surface area contributed by atoms with Gasteiger partial charge >= 0.3 is 0 Å². The van der Waals surface area contributed by atoms with Crippen molar-refractivity contribution in [3.05, 3.63) is 18.3 Å². The molecule has 0 saturated carbocycles. The van der Waals surface area contributed by atoms with Gasteiger partial charge in [0.15, 0.2) is 5.03 Å². The second kappa shape index (κ2) is 6.51. The maximum Gasteiger partial charge on any atom is 0.262 e. The zero-order valence-electron chi connectivity index (χ0n) is 11.9. The first-order chi connectivity index (χ1) is 9.55. The number of sulfonamides is 1. The lowest BCUT2D eigenvalue weighted by Gasteiger charge is -2.27. The van der Waals surface area contributed by atoms with Crippen molar-refractivity contribution >= 4 is 15.7 Å². The lowest BCUT2D eigenvalue weighted by atomic mass is 10.1. The summed E-state index contributed by atoms with van der Waals surface area (Å²) in [4.78, 5) is 4.00. The normalized spacial score (nSPS) is 20.1. The monoisotopic (exact) mass is 299 g/mol. The number of likely N-dealkylation sites (N-methyl/N-ethyl adjacent to an activating group) is 1. The summed E-state index contributed by atoms with van der Waals surface area (Å²) in [7, 11) is -0.350. The van der Waals surface area contributed by atoms with Gasteiger partial charge in [-0.15, -0.1) is 0 Å². The fraction of sp³-hybridized carbons (Fsp3) is 0.615. The molecule has 20 heavy (non-hydrogen) atoms. The summed E-state index contributed by atoms with van der Waals surface area (Å²) < 4.78 is 32.0. The van der Waals surface area contributed by atoms with Crippen LogP contribution in [0.1, 0.15) is 19.3 Å². The van der Waals surface area contributed by atoms with Gasteiger partial charge in [0.25, 0.3) is 10.0 Å². The highest BCUT2D eigenvalue weighted by molar-refractivity contribution is 7.89. The Hall–Kier alpha value is -1.18. The Morgan fingerprint density at radius 2 is 2.30 bits per heavy atom. The number of hydrogen-bond donors (Lipinski definition) is 1. The molecule has 112 valence electrons. The van der Waals surface area contributed by atoms with Crippen molar-refractivity contribution in [3.8, 4) is 0 Å². The molecule has 0 spiro atoms. The third kappa shape index (κ3) is 3.28. The molecule has 1 fully saturated rings. The molecule has 1 aromatic heterocycles. The van der Waals surface area contributed by atoms with Gasteiger partial charge in [-0.2, -0.15) is 4.31 Å². The van der Waals surface area contributed by atoms with Crippen LogP contribution >= 0.6 is 0 Å². The Balaban J connectivity index is 2.16. The number of aromatic nitrogens is 1. The number of nitrogens with one attached hydrogen (secondary N) is 1. The SMILES string of the molecule is CNc1cccnc1S(=O)(=O)N(C)CC1CCCCO1. The number of nitrogens with zero attached hydrogens (tertiary/aromatic N) is 2. The second-order valence-electron chi connectivity index (χ2n) is 4.88. The van der Waals surface area contributed by atoms with Gasteiger partial charge in [0.05, 0.1) is 11.8 Å². The fourth-order valence-electron chi connectivity index (χ4n) is 2.27. The summed E-state index contributed by atoms with van der Waals surface area (Å²) >= 11 is 0. The van der Waals surface area contributed by atoms with Crippen LogP contribution in [-0.4, -0.2) is 51.1 Å². The van der Waals surface area contributed by atoms with Crippen molar-refractivity contribution in [2.24, 2.45) is 0 Å². The van der Waals surface area contributed by atoms with E-state index in [1.54, 1.807) is 26.2 Å². The molecule has 1 unspecified atom stereocenters. The predicted octanol–water partition coefficient (Wildman–Crippen LogP) is 1.31. The van der Waals surface area contributed by atoms with Gasteiger partial charge in [0.1, 0.15) is 0 Å². The van der Waals surface area contributed by atoms with Crippen LogP contribution in [0.3, 0.4) is 0 Å². The molecule has 1 aliphatic rings. The zero-order valence-corrected chi connectivity index (χ0v) is 12.7. The first-order valence-electron chi connectivity index (χ1n) is 6.76. The molecule has 6 nitrogen and oxygen atoms in total. The molecule has 0 radical (unpaired) electrons. The first kappa shape index (κ1) is 15.2. The molecular weight excluding hydrogens is 278 g/mol. The van der Waals surface area contributed by atoms with Gasteiger partial charge in [-0.1, -0.05) is 0 Å². The largest absolute Gasteiger partial charge is 0.386 e. The van der Waals surface area contributed by atoms with E-state index in [0.29, 0.717) is 18.8 Å². The van der Waals surface area contributed by atoms with Crippen molar-refractivity contribution in [2.75, 3.05) is 32.6 Å². The maximum atomic E-state index is 12.6. The number of ether oxygens (including phenoxy) is 1. The molecule has 1 aliphatic heterocycles. The number of rotatable bonds is 5. The topological polar surface area (TPSA) is 71.5 Å². The molecule has 2 heterocycles. The van der Waals surface area contributed by atoms with Crippen molar-refractivity contribution in [3.63, 3.8) is 0 Å². The fourth-order valence-corrected chi connectivity index (χ4v) is 3.57. The molecule has 2 rings (SSSR count). The van der Waals surface area contributed by atoms with Gasteiger partial charge in [0, 0.05) is 33.4 Å². The molecule has 0 aromatic carbocycles. The Kier molecular flexibility index (Phi) is 4.95. The van der Waals surface area contributed by atoms with Crippen molar-refractivity contribution in [1.82, 2.24) is 9.29 Å². The van der Waals surface area contributed by atoms with E-state index in [-0.39, 0.29) is 11.1 Å². The molecular formula is C13H21N3O3S. The summed E-state index contributed by atoms with van der Waals surface area (Å²) in [6, 6.07) is 3.40. The number of anilines is 1. The van der Waals surface area contributed by atoms with E-state index in [2.05, 4.69) is 10.3 Å². The van der Waals surface area contributed by atoms with Gasteiger partial charge < -0.3 is 10.1 Å². The minimum atomic E-state index is -3.60. The molecule has 1 aromatic rings. The quantitative estimate of drug-likeness (QED) is 0.887. The number of hydrogen-bond acceptors (Lipinski definition) is 5. The standard InChI is InChI=1S/C13H21N3O3S/c1-14-12-7-5-8-15-13(12)20(17,18)16(2)10-11-6-3-4-9-19-11/h5,7-8,11,14H,3-4,6,9-10H2,1-2H3. The van der Waals surface area contributed by atoms with E-state index in [0.717, 1.165) is 19.3 Å². The van der Waals surface area contributed by atoms with Crippen LogP contribution in [0.2, 0.25) is 0 Å². The van der Waals surface area contributed by atoms with Crippen LogP contribution < -0.4 is 5.32 Å². The van der Waals surface area contributed by atoms with Crippen LogP contribution in [0.4, 0.5) is 5.69 Å². The molecule has 0 amide bonds. The van der Waals surface area contributed by atoms with Crippen LogP contribution in [-0.2, 0) is 14.8 Å². The predicted molar refractivity (Wildman–Crippen MR) is 77.2 cm³/mol. The first-order valence-corrected chi connectivity index (χ1v) is 8.20. The molecule has 7 heteroatoms. The summed E-state index contributed by atoms with van der Waals surface area (Å²) in [6.07, 6.45) is 4.51. The van der Waals surface area contributed by atoms with E-state index in [1.807, 2.05) is 0 Å². The van der Waals surface area contributed by atoms with Crippen LogP contribution in [0.25, 0.3) is 0 Å². The van der Waals surface area contributed by atoms with Gasteiger partial charge in [-0.05, 0) is 31.4 Å². The van der Waals surface area contributed by atoms with E-state index < -0.39 is 10.0 Å². The van der Waals surface area contributed by atoms with E-state index >= 15 is 0 Å². The highest BCUT2D eigenvalue weighted by Crippen LogP contribution is 2.22. The molecule has 1 atom stereocenters. The molecule has 1 N–H and O–H groups in total. The van der Waals surface area contributed by atoms with Crippen molar-refractivity contribution in [1.29, 1.82) is 0 Å². The Morgan fingerprint density at radius 3 is 2.95 bits per heavy atom. The highest BCUT2D eigenvalue weighted by Gasteiger charge is 2.28. The van der Waals surface area contributed by atoms with E-state index in [1.165, 1.54) is 10.5 Å². The zero-order chi connectivity index (χ0) is 14.6. The van der Waals surface area contributed by atoms with E-state index in [4.69, 9.17) is 4.74 Å².